The molecular weight excluding hydrogens is 561 g/mol. The van der Waals surface area contributed by atoms with Gasteiger partial charge < -0.3 is 19.3 Å². The van der Waals surface area contributed by atoms with Gasteiger partial charge in [-0.15, -0.1) is 0 Å². The van der Waals surface area contributed by atoms with Crippen LogP contribution in [0.2, 0.25) is 0 Å². The quantitative estimate of drug-likeness (QED) is 0.234. The zero-order chi connectivity index (χ0) is 31.3. The third kappa shape index (κ3) is 7.66. The minimum Gasteiger partial charge on any atom is -0.345 e. The maximum atomic E-state index is 13.2. The van der Waals surface area contributed by atoms with E-state index in [-0.39, 0.29) is 11.7 Å². The molecule has 3 heterocycles. The number of amides is 1. The number of hydrogen-bond acceptors (Lipinski definition) is 4. The molecule has 3 aromatic carbocycles. The van der Waals surface area contributed by atoms with Crippen molar-refractivity contribution in [2.45, 2.75) is 39.7 Å². The normalized spacial score (nSPS) is 16.9. The Morgan fingerprint density at radius 2 is 1.33 bits per heavy atom. The lowest BCUT2D eigenvalue weighted by molar-refractivity contribution is 0.0638. The molecule has 0 N–H and O–H groups in total. The van der Waals surface area contributed by atoms with E-state index in [9.17, 15) is 9.18 Å². The zero-order valence-electron chi connectivity index (χ0n) is 27.3. The number of rotatable bonds is 10. The van der Waals surface area contributed by atoms with Crippen molar-refractivity contribution in [3.8, 4) is 0 Å². The van der Waals surface area contributed by atoms with E-state index in [1.807, 2.05) is 29.2 Å². The average molecular weight is 610 g/mol. The van der Waals surface area contributed by atoms with Crippen LogP contribution in [-0.4, -0.2) is 103 Å². The largest absolute Gasteiger partial charge is 0.345 e. The van der Waals surface area contributed by atoms with Crippen LogP contribution in [-0.2, 0) is 19.4 Å². The first kappa shape index (κ1) is 31.5. The Bertz CT molecular complexity index is 1580. The fourth-order valence-electron chi connectivity index (χ4n) is 6.92. The number of likely N-dealkylation sites (N-methyl/N-ethyl adjacent to an activating group) is 1. The summed E-state index contributed by atoms with van der Waals surface area (Å²) in [5.41, 5.74) is 8.51. The Morgan fingerprint density at radius 3 is 2.04 bits per heavy atom. The Labute approximate surface area is 268 Å². The number of piperazine rings is 2. The molecule has 0 aliphatic carbocycles. The summed E-state index contributed by atoms with van der Waals surface area (Å²) in [4.78, 5) is 22.6. The van der Waals surface area contributed by atoms with Crippen molar-refractivity contribution in [1.29, 1.82) is 0 Å². The zero-order valence-corrected chi connectivity index (χ0v) is 27.3. The standard InChI is InChI=1S/C38H48FN5O/c1-29-30(2)44(17-4-16-41-21-19-40(3)20-22-41)37-14-9-33(28-36(29)37)27-32-5-10-34(11-6-32)38(45)43-25-23-42(24-26-43)18-15-31-7-12-35(39)13-8-31/h5-14,28H,4,15-27H2,1-3H3. The second kappa shape index (κ2) is 14.3. The van der Waals surface area contributed by atoms with E-state index in [2.05, 4.69) is 70.5 Å². The highest BCUT2D eigenvalue weighted by Gasteiger charge is 2.22. The van der Waals surface area contributed by atoms with Crippen LogP contribution in [0.15, 0.2) is 66.7 Å². The van der Waals surface area contributed by atoms with Crippen LogP contribution in [0.5, 0.6) is 0 Å². The summed E-state index contributed by atoms with van der Waals surface area (Å²) in [6.45, 7) is 15.6. The Morgan fingerprint density at radius 1 is 0.711 bits per heavy atom. The lowest BCUT2D eigenvalue weighted by Gasteiger charge is -2.34. The molecule has 0 radical (unpaired) electrons. The van der Waals surface area contributed by atoms with Crippen molar-refractivity contribution in [3.63, 3.8) is 0 Å². The summed E-state index contributed by atoms with van der Waals surface area (Å²) in [7, 11) is 2.21. The molecule has 0 bridgehead atoms. The van der Waals surface area contributed by atoms with E-state index in [1.165, 1.54) is 78.0 Å². The summed E-state index contributed by atoms with van der Waals surface area (Å²) < 4.78 is 15.7. The second-order valence-electron chi connectivity index (χ2n) is 13.1. The number of carbonyl (C=O) groups excluding carboxylic acids is 1. The summed E-state index contributed by atoms with van der Waals surface area (Å²) >= 11 is 0. The predicted molar refractivity (Wildman–Crippen MR) is 182 cm³/mol. The summed E-state index contributed by atoms with van der Waals surface area (Å²) in [6.07, 6.45) is 2.92. The molecule has 45 heavy (non-hydrogen) atoms. The maximum Gasteiger partial charge on any atom is 0.253 e. The van der Waals surface area contributed by atoms with Gasteiger partial charge >= 0.3 is 0 Å². The Hall–Kier alpha value is -3.52. The van der Waals surface area contributed by atoms with Gasteiger partial charge in [-0.3, -0.25) is 9.69 Å². The molecule has 1 aromatic heterocycles. The van der Waals surface area contributed by atoms with Crippen molar-refractivity contribution in [3.05, 3.63) is 106 Å². The monoisotopic (exact) mass is 609 g/mol. The lowest BCUT2D eigenvalue weighted by atomic mass is 10.0. The number of hydrogen-bond donors (Lipinski definition) is 0. The molecule has 0 saturated carbocycles. The molecule has 6 rings (SSSR count). The molecule has 1 amide bonds. The molecule has 7 heteroatoms. The van der Waals surface area contributed by atoms with Crippen molar-refractivity contribution >= 4 is 16.8 Å². The number of nitrogens with zero attached hydrogens (tertiary/aromatic N) is 5. The number of carbonyl (C=O) groups is 1. The van der Waals surface area contributed by atoms with Crippen molar-refractivity contribution in [1.82, 2.24) is 24.2 Å². The van der Waals surface area contributed by atoms with Gasteiger partial charge in [-0.1, -0.05) is 30.3 Å². The molecule has 6 nitrogen and oxygen atoms in total. The lowest BCUT2D eigenvalue weighted by Crippen LogP contribution is -2.49. The van der Waals surface area contributed by atoms with Crippen molar-refractivity contribution in [2.24, 2.45) is 0 Å². The third-order valence-corrected chi connectivity index (χ3v) is 10.1. The highest BCUT2D eigenvalue weighted by Crippen LogP contribution is 2.28. The number of fused-ring (bicyclic) bond motifs is 1. The van der Waals surface area contributed by atoms with Gasteiger partial charge in [0, 0.05) is 87.6 Å². The summed E-state index contributed by atoms with van der Waals surface area (Å²) in [5.74, 6) is -0.0831. The third-order valence-electron chi connectivity index (χ3n) is 10.1. The number of benzene rings is 3. The molecule has 2 aliphatic heterocycles. The molecule has 0 unspecified atom stereocenters. The molecular formula is C38H48FN5O. The van der Waals surface area contributed by atoms with Crippen LogP contribution < -0.4 is 0 Å². The molecule has 238 valence electrons. The number of aromatic nitrogens is 1. The number of halogens is 1. The van der Waals surface area contributed by atoms with Gasteiger partial charge in [0.05, 0.1) is 0 Å². The van der Waals surface area contributed by atoms with Crippen LogP contribution in [0.3, 0.4) is 0 Å². The van der Waals surface area contributed by atoms with Gasteiger partial charge in [-0.05, 0) is 105 Å². The van der Waals surface area contributed by atoms with Crippen molar-refractivity contribution in [2.75, 3.05) is 72.5 Å². The van der Waals surface area contributed by atoms with E-state index in [0.29, 0.717) is 0 Å². The summed E-state index contributed by atoms with van der Waals surface area (Å²) in [6, 6.07) is 21.9. The minimum atomic E-state index is -0.195. The molecule has 0 spiro atoms. The Kier molecular flexibility index (Phi) is 9.98. The molecule has 0 atom stereocenters. The average Bonchev–Trinajstić information content (AvgIpc) is 3.30. The fourth-order valence-corrected chi connectivity index (χ4v) is 6.92. The van der Waals surface area contributed by atoms with E-state index in [1.54, 1.807) is 0 Å². The maximum absolute atomic E-state index is 13.2. The number of aryl methyl sites for hydroxylation is 2. The van der Waals surface area contributed by atoms with Gasteiger partial charge in [0.1, 0.15) is 5.82 Å². The van der Waals surface area contributed by atoms with Gasteiger partial charge in [0.15, 0.2) is 0 Å². The first-order chi connectivity index (χ1) is 21.8. The van der Waals surface area contributed by atoms with Crippen LogP contribution in [0.25, 0.3) is 10.9 Å². The summed E-state index contributed by atoms with van der Waals surface area (Å²) in [5, 5.41) is 1.35. The van der Waals surface area contributed by atoms with Crippen LogP contribution >= 0.6 is 0 Å². The van der Waals surface area contributed by atoms with E-state index in [0.717, 1.165) is 69.8 Å². The van der Waals surface area contributed by atoms with Crippen LogP contribution in [0.1, 0.15) is 44.7 Å². The van der Waals surface area contributed by atoms with E-state index < -0.39 is 0 Å². The highest BCUT2D eigenvalue weighted by molar-refractivity contribution is 5.94. The van der Waals surface area contributed by atoms with E-state index in [4.69, 9.17) is 0 Å². The van der Waals surface area contributed by atoms with Gasteiger partial charge in [-0.25, -0.2) is 4.39 Å². The highest BCUT2D eigenvalue weighted by atomic mass is 19.1. The molecule has 4 aromatic rings. The van der Waals surface area contributed by atoms with Gasteiger partial charge in [0.25, 0.3) is 5.91 Å². The predicted octanol–water partition coefficient (Wildman–Crippen LogP) is 5.63. The molecule has 2 aliphatic rings. The Balaban J connectivity index is 1.01. The molecule has 2 saturated heterocycles. The fraction of sp³-hybridized carbons (Fsp3) is 0.447. The van der Waals surface area contributed by atoms with E-state index >= 15 is 0 Å². The minimum absolute atomic E-state index is 0.112. The molecule has 2 fully saturated rings. The van der Waals surface area contributed by atoms with Gasteiger partial charge in [0.2, 0.25) is 0 Å². The van der Waals surface area contributed by atoms with Crippen LogP contribution in [0.4, 0.5) is 4.39 Å². The first-order valence-electron chi connectivity index (χ1n) is 16.7. The first-order valence-corrected chi connectivity index (χ1v) is 16.7. The SMILES string of the molecule is Cc1c(C)n(CCCN2CCN(C)CC2)c2ccc(Cc3ccc(C(=O)N4CCN(CCc5ccc(F)cc5)CC4)cc3)cc12. The smallest absolute Gasteiger partial charge is 0.253 e. The second-order valence-corrected chi connectivity index (χ2v) is 13.1. The topological polar surface area (TPSA) is 35.0 Å². The van der Waals surface area contributed by atoms with Crippen molar-refractivity contribution < 1.29 is 9.18 Å². The van der Waals surface area contributed by atoms with Gasteiger partial charge in [-0.2, -0.15) is 0 Å². The van der Waals surface area contributed by atoms with Crippen LogP contribution in [0, 0.1) is 19.7 Å².